The van der Waals surface area contributed by atoms with E-state index in [0.717, 1.165) is 21.6 Å². The second-order valence-corrected chi connectivity index (χ2v) is 8.29. The summed E-state index contributed by atoms with van der Waals surface area (Å²) in [5.74, 6) is 0.215. The van der Waals surface area contributed by atoms with E-state index in [0.29, 0.717) is 17.6 Å². The third-order valence-electron chi connectivity index (χ3n) is 5.09. The molecule has 0 fully saturated rings. The number of benzene rings is 3. The number of phenolic OH excluding ortho intramolecular Hbond substituents is 1. The van der Waals surface area contributed by atoms with Crippen LogP contribution in [-0.4, -0.2) is 24.8 Å². The van der Waals surface area contributed by atoms with Crippen molar-refractivity contribution in [3.63, 3.8) is 0 Å². The second kappa shape index (κ2) is 8.16. The lowest BCUT2D eigenvalue weighted by Crippen LogP contribution is -1.98. The molecule has 2 N–H and O–H groups in total. The van der Waals surface area contributed by atoms with E-state index < -0.39 is 0 Å². The van der Waals surface area contributed by atoms with Crippen LogP contribution in [0.25, 0.3) is 16.8 Å². The van der Waals surface area contributed by atoms with Crippen molar-refractivity contribution in [3.8, 4) is 22.8 Å². The maximum absolute atomic E-state index is 10.7. The Bertz CT molecular complexity index is 1350. The Morgan fingerprint density at radius 1 is 0.742 bits per heavy atom. The van der Waals surface area contributed by atoms with Gasteiger partial charge in [-0.3, -0.25) is 0 Å². The van der Waals surface area contributed by atoms with Crippen LogP contribution in [0, 0.1) is 0 Å². The molecule has 0 radical (unpaired) electrons. The zero-order chi connectivity index (χ0) is 21.2. The predicted molar refractivity (Wildman–Crippen MR) is 122 cm³/mol. The van der Waals surface area contributed by atoms with E-state index in [2.05, 4.69) is 34.3 Å². The lowest BCUT2D eigenvalue weighted by Gasteiger charge is -2.08. The molecular formula is C25H19N3O2S. The second-order valence-electron chi connectivity index (χ2n) is 7.15. The van der Waals surface area contributed by atoms with Crippen LogP contribution in [0.5, 0.6) is 11.6 Å². The van der Waals surface area contributed by atoms with E-state index in [4.69, 9.17) is 0 Å². The number of fused-ring (bicyclic) bond motifs is 1. The number of nitrogens with zero attached hydrogens (tertiary/aromatic N) is 3. The fourth-order valence-corrected chi connectivity index (χ4v) is 4.31. The predicted octanol–water partition coefficient (Wildman–Crippen LogP) is 5.55. The van der Waals surface area contributed by atoms with Gasteiger partial charge in [-0.2, -0.15) is 9.61 Å². The van der Waals surface area contributed by atoms with Crippen LogP contribution in [-0.2, 0) is 6.42 Å². The summed E-state index contributed by atoms with van der Waals surface area (Å²) in [5.41, 5.74) is 3.73. The molecule has 0 aliphatic heterocycles. The van der Waals surface area contributed by atoms with Gasteiger partial charge < -0.3 is 10.2 Å². The molecule has 0 spiro atoms. The van der Waals surface area contributed by atoms with Crippen molar-refractivity contribution in [1.29, 1.82) is 0 Å². The maximum atomic E-state index is 10.7. The van der Waals surface area contributed by atoms with Gasteiger partial charge in [-0.1, -0.05) is 60.3 Å². The average molecular weight is 426 g/mol. The largest absolute Gasteiger partial charge is 0.508 e. The summed E-state index contributed by atoms with van der Waals surface area (Å²) in [6, 6.07) is 25.5. The van der Waals surface area contributed by atoms with Gasteiger partial charge in [0.2, 0.25) is 5.88 Å². The third kappa shape index (κ3) is 3.85. The molecule has 152 valence electrons. The van der Waals surface area contributed by atoms with Crippen molar-refractivity contribution in [1.82, 2.24) is 14.6 Å². The molecular weight excluding hydrogens is 406 g/mol. The molecule has 5 aromatic rings. The summed E-state index contributed by atoms with van der Waals surface area (Å²) in [6.07, 6.45) is 3.72. The van der Waals surface area contributed by atoms with Crippen molar-refractivity contribution in [2.45, 2.75) is 16.2 Å². The van der Waals surface area contributed by atoms with Gasteiger partial charge in [-0.05, 0) is 41.5 Å². The topological polar surface area (TPSA) is 70.7 Å². The highest BCUT2D eigenvalue weighted by atomic mass is 32.2. The third-order valence-corrected chi connectivity index (χ3v) is 6.11. The molecule has 0 aliphatic rings. The normalized spacial score (nSPS) is 11.1. The van der Waals surface area contributed by atoms with E-state index in [1.54, 1.807) is 36.3 Å². The van der Waals surface area contributed by atoms with Crippen molar-refractivity contribution in [2.75, 3.05) is 0 Å². The lowest BCUT2D eigenvalue weighted by atomic mass is 10.1. The highest BCUT2D eigenvalue weighted by Crippen LogP contribution is 2.32. The van der Waals surface area contributed by atoms with Crippen LogP contribution < -0.4 is 0 Å². The summed E-state index contributed by atoms with van der Waals surface area (Å²) < 4.78 is 1.44. The number of aromatic hydroxyl groups is 2. The minimum Gasteiger partial charge on any atom is -0.508 e. The van der Waals surface area contributed by atoms with E-state index in [1.165, 1.54) is 9.41 Å². The minimum absolute atomic E-state index is 0.0238. The number of hydrogen-bond donors (Lipinski definition) is 2. The van der Waals surface area contributed by atoms with Crippen LogP contribution in [0.1, 0.15) is 11.1 Å². The molecule has 6 heteroatoms. The molecule has 0 saturated heterocycles. The van der Waals surface area contributed by atoms with Crippen LogP contribution >= 0.6 is 11.8 Å². The lowest BCUT2D eigenvalue weighted by molar-refractivity contribution is 0.428. The van der Waals surface area contributed by atoms with Gasteiger partial charge in [0.05, 0.1) is 6.20 Å². The SMILES string of the molecule is Oc1ccccc1Cc1cnc2c(-c3ccc(Sc4ccccc4)cc3)cnn2c1O. The first-order valence-corrected chi connectivity index (χ1v) is 10.7. The van der Waals surface area contributed by atoms with E-state index in [9.17, 15) is 10.2 Å². The number of para-hydroxylation sites is 1. The number of rotatable bonds is 5. The van der Waals surface area contributed by atoms with Crippen LogP contribution in [0.2, 0.25) is 0 Å². The quantitative estimate of drug-likeness (QED) is 0.386. The molecule has 0 unspecified atom stereocenters. The molecule has 0 aliphatic carbocycles. The molecule has 0 bridgehead atoms. The highest BCUT2D eigenvalue weighted by molar-refractivity contribution is 7.99. The molecule has 5 nitrogen and oxygen atoms in total. The molecule has 2 aromatic heterocycles. The average Bonchev–Trinajstić information content (AvgIpc) is 3.23. The van der Waals surface area contributed by atoms with Gasteiger partial charge in [0.15, 0.2) is 5.65 Å². The van der Waals surface area contributed by atoms with Crippen LogP contribution in [0.3, 0.4) is 0 Å². The molecule has 5 rings (SSSR count). The number of aromatic nitrogens is 3. The highest BCUT2D eigenvalue weighted by Gasteiger charge is 2.15. The summed E-state index contributed by atoms with van der Waals surface area (Å²) in [7, 11) is 0. The van der Waals surface area contributed by atoms with Crippen molar-refractivity contribution >= 4 is 17.4 Å². The smallest absolute Gasteiger partial charge is 0.219 e. The maximum Gasteiger partial charge on any atom is 0.219 e. The van der Waals surface area contributed by atoms with E-state index >= 15 is 0 Å². The number of phenols is 1. The standard InChI is InChI=1S/C25H19N3O2S/c29-23-9-5-4-6-18(23)14-19-15-26-24-22(16-27-28(24)25(19)30)17-10-12-21(13-11-17)31-20-7-2-1-3-8-20/h1-13,15-16,29-30H,14H2. The molecule has 31 heavy (non-hydrogen) atoms. The minimum atomic E-state index is 0.0238. The summed E-state index contributed by atoms with van der Waals surface area (Å²) in [6.45, 7) is 0. The molecule has 0 amide bonds. The monoisotopic (exact) mass is 425 g/mol. The Hall–Kier alpha value is -3.77. The van der Waals surface area contributed by atoms with E-state index in [1.807, 2.05) is 42.5 Å². The van der Waals surface area contributed by atoms with Crippen LogP contribution in [0.15, 0.2) is 101 Å². The van der Waals surface area contributed by atoms with Gasteiger partial charge >= 0.3 is 0 Å². The van der Waals surface area contributed by atoms with Crippen molar-refractivity contribution in [2.24, 2.45) is 0 Å². The zero-order valence-electron chi connectivity index (χ0n) is 16.5. The Morgan fingerprint density at radius 3 is 2.23 bits per heavy atom. The summed E-state index contributed by atoms with van der Waals surface area (Å²) in [4.78, 5) is 6.88. The molecule has 0 atom stereocenters. The molecule has 2 heterocycles. The Kier molecular flexibility index (Phi) is 5.06. The zero-order valence-corrected chi connectivity index (χ0v) is 17.3. The van der Waals surface area contributed by atoms with Crippen molar-refractivity contribution < 1.29 is 10.2 Å². The Labute approximate surface area is 183 Å². The first-order valence-electron chi connectivity index (χ1n) is 9.84. The van der Waals surface area contributed by atoms with Gasteiger partial charge in [0, 0.05) is 33.5 Å². The number of hydrogen-bond acceptors (Lipinski definition) is 5. The van der Waals surface area contributed by atoms with Gasteiger partial charge in [-0.25, -0.2) is 4.98 Å². The molecule has 3 aromatic carbocycles. The van der Waals surface area contributed by atoms with Gasteiger partial charge in [0.1, 0.15) is 5.75 Å². The van der Waals surface area contributed by atoms with E-state index in [-0.39, 0.29) is 11.6 Å². The fourth-order valence-electron chi connectivity index (χ4n) is 3.48. The summed E-state index contributed by atoms with van der Waals surface area (Å²) >= 11 is 1.71. The molecule has 0 saturated carbocycles. The fraction of sp³-hybridized carbons (Fsp3) is 0.0400. The first kappa shape index (κ1) is 19.2. The first-order chi connectivity index (χ1) is 15.2. The van der Waals surface area contributed by atoms with Crippen molar-refractivity contribution in [3.05, 3.63) is 102 Å². The Balaban J connectivity index is 1.43. The summed E-state index contributed by atoms with van der Waals surface area (Å²) in [5, 5.41) is 25.1. The van der Waals surface area contributed by atoms with Gasteiger partial charge in [0.25, 0.3) is 0 Å². The van der Waals surface area contributed by atoms with Crippen LogP contribution in [0.4, 0.5) is 0 Å². The Morgan fingerprint density at radius 2 is 1.45 bits per heavy atom. The van der Waals surface area contributed by atoms with Gasteiger partial charge in [-0.15, -0.1) is 0 Å².